The second-order valence-electron chi connectivity index (χ2n) is 7.84. The van der Waals surface area contributed by atoms with E-state index in [1.54, 1.807) is 0 Å². The second kappa shape index (κ2) is 9.06. The smallest absolute Gasteiger partial charge is 0.340 e. The largest absolute Gasteiger partial charge is 0.416 e. The summed E-state index contributed by atoms with van der Waals surface area (Å²) in [7, 11) is 0. The van der Waals surface area contributed by atoms with E-state index in [0.29, 0.717) is 17.1 Å². The van der Waals surface area contributed by atoms with Crippen molar-refractivity contribution >= 4 is 17.5 Å². The van der Waals surface area contributed by atoms with Gasteiger partial charge in [-0.05, 0) is 55.5 Å². The summed E-state index contributed by atoms with van der Waals surface area (Å²) >= 11 is 0. The van der Waals surface area contributed by atoms with E-state index in [2.05, 4.69) is 10.5 Å². The lowest BCUT2D eigenvalue weighted by Gasteiger charge is -2.26. The zero-order valence-electron chi connectivity index (χ0n) is 17.7. The van der Waals surface area contributed by atoms with Crippen LogP contribution in [0.3, 0.4) is 0 Å². The number of aromatic nitrogens is 1. The number of nitrogens with one attached hydrogen (secondary N) is 1. The Kier molecular flexibility index (Phi) is 6.21. The summed E-state index contributed by atoms with van der Waals surface area (Å²) < 4.78 is 44.5. The SMILES string of the molecule is CCc1ccc(NC(=O)c2c(-c3ccc(C(F)(F)F)cc3)noc2N2CCCCC2)cc1. The molecule has 0 spiro atoms. The van der Waals surface area contributed by atoms with Crippen molar-refractivity contribution < 1.29 is 22.5 Å². The molecule has 2 heterocycles. The predicted molar refractivity (Wildman–Crippen MR) is 117 cm³/mol. The fraction of sp³-hybridized carbons (Fsp3) is 0.333. The summed E-state index contributed by atoms with van der Waals surface area (Å²) in [5, 5.41) is 6.96. The van der Waals surface area contributed by atoms with Gasteiger partial charge < -0.3 is 14.7 Å². The van der Waals surface area contributed by atoms with Gasteiger partial charge in [-0.2, -0.15) is 13.2 Å². The van der Waals surface area contributed by atoms with Crippen LogP contribution in [0.1, 0.15) is 47.7 Å². The third kappa shape index (κ3) is 4.64. The van der Waals surface area contributed by atoms with Crippen LogP contribution in [-0.2, 0) is 12.6 Å². The van der Waals surface area contributed by atoms with Crippen LogP contribution in [-0.4, -0.2) is 24.2 Å². The zero-order chi connectivity index (χ0) is 22.7. The summed E-state index contributed by atoms with van der Waals surface area (Å²) in [4.78, 5) is 15.3. The molecule has 32 heavy (non-hydrogen) atoms. The van der Waals surface area contributed by atoms with E-state index in [4.69, 9.17) is 4.52 Å². The molecule has 2 aromatic carbocycles. The maximum Gasteiger partial charge on any atom is 0.416 e. The van der Waals surface area contributed by atoms with Gasteiger partial charge in [0.05, 0.1) is 5.56 Å². The van der Waals surface area contributed by atoms with Crippen LogP contribution in [0.25, 0.3) is 11.3 Å². The van der Waals surface area contributed by atoms with E-state index in [1.807, 2.05) is 36.1 Å². The molecule has 1 aromatic heterocycles. The highest BCUT2D eigenvalue weighted by Gasteiger charge is 2.32. The van der Waals surface area contributed by atoms with E-state index in [9.17, 15) is 18.0 Å². The minimum absolute atomic E-state index is 0.224. The molecule has 1 N–H and O–H groups in total. The number of halogens is 3. The Morgan fingerprint density at radius 2 is 1.69 bits per heavy atom. The van der Waals surface area contributed by atoms with Crippen LogP contribution in [0, 0.1) is 0 Å². The molecule has 1 aliphatic heterocycles. The minimum Gasteiger partial charge on any atom is -0.340 e. The lowest BCUT2D eigenvalue weighted by atomic mass is 10.0. The average molecular weight is 443 g/mol. The number of anilines is 2. The highest BCUT2D eigenvalue weighted by molar-refractivity contribution is 6.11. The number of piperidine rings is 1. The highest BCUT2D eigenvalue weighted by Crippen LogP contribution is 2.35. The number of alkyl halides is 3. The third-order valence-electron chi connectivity index (χ3n) is 5.65. The normalized spacial score (nSPS) is 14.4. The quantitative estimate of drug-likeness (QED) is 0.513. The van der Waals surface area contributed by atoms with Gasteiger partial charge in [0.1, 0.15) is 11.3 Å². The molecule has 1 saturated heterocycles. The van der Waals surface area contributed by atoms with E-state index in [0.717, 1.165) is 56.5 Å². The van der Waals surface area contributed by atoms with Crippen LogP contribution in [0.4, 0.5) is 24.7 Å². The molecule has 0 unspecified atom stereocenters. The Morgan fingerprint density at radius 3 is 2.28 bits per heavy atom. The molecule has 1 amide bonds. The molecule has 8 heteroatoms. The Labute approximate surface area is 184 Å². The fourth-order valence-corrected chi connectivity index (χ4v) is 3.83. The Balaban J connectivity index is 1.70. The van der Waals surface area contributed by atoms with Gasteiger partial charge in [0.25, 0.3) is 5.91 Å². The monoisotopic (exact) mass is 443 g/mol. The number of hydrogen-bond acceptors (Lipinski definition) is 4. The Bertz CT molecular complexity index is 1070. The van der Waals surface area contributed by atoms with Crippen molar-refractivity contribution in [2.45, 2.75) is 38.8 Å². The predicted octanol–water partition coefficient (Wildman–Crippen LogP) is 6.17. The van der Waals surface area contributed by atoms with Gasteiger partial charge in [-0.15, -0.1) is 0 Å². The van der Waals surface area contributed by atoms with Crippen LogP contribution >= 0.6 is 0 Å². The first kappa shape index (κ1) is 21.9. The van der Waals surface area contributed by atoms with Gasteiger partial charge in [-0.1, -0.05) is 36.3 Å². The molecule has 3 aromatic rings. The van der Waals surface area contributed by atoms with E-state index in [-0.39, 0.29) is 11.3 Å². The van der Waals surface area contributed by atoms with Gasteiger partial charge in [-0.3, -0.25) is 4.79 Å². The van der Waals surface area contributed by atoms with Crippen molar-refractivity contribution in [1.29, 1.82) is 0 Å². The lowest BCUT2D eigenvalue weighted by molar-refractivity contribution is -0.137. The molecule has 168 valence electrons. The van der Waals surface area contributed by atoms with Crippen molar-refractivity contribution in [2.24, 2.45) is 0 Å². The summed E-state index contributed by atoms with van der Waals surface area (Å²) in [5.41, 5.74) is 1.84. The number of benzene rings is 2. The molecule has 0 saturated carbocycles. The summed E-state index contributed by atoms with van der Waals surface area (Å²) in [6.45, 7) is 3.51. The topological polar surface area (TPSA) is 58.4 Å². The third-order valence-corrected chi connectivity index (χ3v) is 5.65. The first-order chi connectivity index (χ1) is 15.4. The standard InChI is InChI=1S/C24H24F3N3O2/c1-2-16-6-12-19(13-7-16)28-22(31)20-21(17-8-10-18(11-9-17)24(25,26)27)29-32-23(20)30-14-4-3-5-15-30/h6-13H,2-5,14-15H2,1H3,(H,28,31). The molecule has 4 rings (SSSR count). The minimum atomic E-state index is -4.44. The Morgan fingerprint density at radius 1 is 1.03 bits per heavy atom. The first-order valence-electron chi connectivity index (χ1n) is 10.7. The Hall–Kier alpha value is -3.29. The van der Waals surface area contributed by atoms with Crippen LogP contribution in [0.5, 0.6) is 0 Å². The molecular weight excluding hydrogens is 419 g/mol. The van der Waals surface area contributed by atoms with Gasteiger partial charge >= 0.3 is 6.18 Å². The fourth-order valence-electron chi connectivity index (χ4n) is 3.83. The maximum atomic E-state index is 13.3. The average Bonchev–Trinajstić information content (AvgIpc) is 3.25. The number of rotatable bonds is 5. The van der Waals surface area contributed by atoms with E-state index < -0.39 is 17.6 Å². The van der Waals surface area contributed by atoms with Gasteiger partial charge in [0.15, 0.2) is 0 Å². The van der Waals surface area contributed by atoms with Crippen molar-refractivity contribution in [3.63, 3.8) is 0 Å². The molecule has 0 bridgehead atoms. The molecule has 1 aliphatic rings. The number of carbonyl (C=O) groups excluding carboxylic acids is 1. The lowest BCUT2D eigenvalue weighted by Crippen LogP contribution is -2.30. The summed E-state index contributed by atoms with van der Waals surface area (Å²) in [6.07, 6.45) is -0.517. The molecular formula is C24H24F3N3O2. The molecule has 0 radical (unpaired) electrons. The second-order valence-corrected chi connectivity index (χ2v) is 7.84. The number of aryl methyl sites for hydroxylation is 1. The van der Waals surface area contributed by atoms with Crippen molar-refractivity contribution in [3.8, 4) is 11.3 Å². The first-order valence-corrected chi connectivity index (χ1v) is 10.7. The van der Waals surface area contributed by atoms with Gasteiger partial charge in [-0.25, -0.2) is 0 Å². The highest BCUT2D eigenvalue weighted by atomic mass is 19.4. The molecule has 5 nitrogen and oxygen atoms in total. The zero-order valence-corrected chi connectivity index (χ0v) is 17.7. The van der Waals surface area contributed by atoms with Crippen LogP contribution in [0.2, 0.25) is 0 Å². The maximum absolute atomic E-state index is 13.3. The van der Waals surface area contributed by atoms with Crippen LogP contribution < -0.4 is 10.2 Å². The number of hydrogen-bond donors (Lipinski definition) is 1. The van der Waals surface area contributed by atoms with Crippen molar-refractivity contribution in [2.75, 3.05) is 23.3 Å². The van der Waals surface area contributed by atoms with Crippen molar-refractivity contribution in [1.82, 2.24) is 5.16 Å². The van der Waals surface area contributed by atoms with E-state index in [1.165, 1.54) is 12.1 Å². The van der Waals surface area contributed by atoms with Gasteiger partial charge in [0.2, 0.25) is 5.88 Å². The summed E-state index contributed by atoms with van der Waals surface area (Å²) in [5.74, 6) is -0.0618. The van der Waals surface area contributed by atoms with Gasteiger partial charge in [0, 0.05) is 24.3 Å². The van der Waals surface area contributed by atoms with Crippen molar-refractivity contribution in [3.05, 3.63) is 65.2 Å². The number of carbonyl (C=O) groups is 1. The van der Waals surface area contributed by atoms with E-state index >= 15 is 0 Å². The molecule has 1 fully saturated rings. The summed E-state index contributed by atoms with van der Waals surface area (Å²) in [6, 6.07) is 12.1. The molecule has 0 aliphatic carbocycles. The van der Waals surface area contributed by atoms with Crippen LogP contribution in [0.15, 0.2) is 53.1 Å². The number of nitrogens with zero attached hydrogens (tertiary/aromatic N) is 2. The number of amides is 1. The molecule has 0 atom stereocenters.